The number of rotatable bonds is 12. The molecule has 1 aliphatic heterocycles. The van der Waals surface area contributed by atoms with Crippen LogP contribution in [0, 0.1) is 17.8 Å². The zero-order valence-corrected chi connectivity index (χ0v) is 26.8. The van der Waals surface area contributed by atoms with Gasteiger partial charge in [0.25, 0.3) is 0 Å². The molecule has 4 aromatic carbocycles. The SMILES string of the molecule is COCC1=C([C@H](O)CC/C(=C/c2cccc(O)c2)c2ccccc2)[C@H](CO)[C@@H]2C(=O)N(c3ccc(Nc4ccccc4)cc3)C(=O)[C@@H]2C1. The van der Waals surface area contributed by atoms with Crippen LogP contribution in [0.25, 0.3) is 11.6 Å². The number of aromatic hydroxyl groups is 1. The van der Waals surface area contributed by atoms with Gasteiger partial charge in [-0.15, -0.1) is 0 Å². The van der Waals surface area contributed by atoms with Crippen molar-refractivity contribution in [2.45, 2.75) is 25.4 Å². The second kappa shape index (κ2) is 14.8. The Balaban J connectivity index is 1.24. The lowest BCUT2D eigenvalue weighted by Crippen LogP contribution is -2.39. The van der Waals surface area contributed by atoms with Gasteiger partial charge < -0.3 is 25.4 Å². The van der Waals surface area contributed by atoms with Gasteiger partial charge in [0.05, 0.1) is 36.8 Å². The number of allylic oxidation sites excluding steroid dienone is 1. The van der Waals surface area contributed by atoms with E-state index in [1.54, 1.807) is 37.4 Å². The van der Waals surface area contributed by atoms with E-state index >= 15 is 0 Å². The Morgan fingerprint density at radius 3 is 2.27 bits per heavy atom. The Bertz CT molecular complexity index is 1800. The predicted molar refractivity (Wildman–Crippen MR) is 187 cm³/mol. The molecule has 0 bridgehead atoms. The molecule has 4 aromatic rings. The lowest BCUT2D eigenvalue weighted by atomic mass is 9.68. The fourth-order valence-corrected chi connectivity index (χ4v) is 7.12. The number of hydrogen-bond donors (Lipinski definition) is 4. The van der Waals surface area contributed by atoms with Crippen LogP contribution >= 0.6 is 0 Å². The minimum atomic E-state index is -0.982. The van der Waals surface area contributed by atoms with Crippen molar-refractivity contribution in [2.75, 3.05) is 30.5 Å². The first-order valence-corrected chi connectivity index (χ1v) is 16.2. The van der Waals surface area contributed by atoms with E-state index in [0.717, 1.165) is 33.6 Å². The number of benzene rings is 4. The summed E-state index contributed by atoms with van der Waals surface area (Å²) < 4.78 is 5.52. The van der Waals surface area contributed by atoms with Gasteiger partial charge >= 0.3 is 0 Å². The number of anilines is 3. The Hall–Kier alpha value is -5.02. The molecule has 1 aliphatic carbocycles. The van der Waals surface area contributed by atoms with Crippen molar-refractivity contribution in [3.63, 3.8) is 0 Å². The Morgan fingerprint density at radius 2 is 1.60 bits per heavy atom. The van der Waals surface area contributed by atoms with Gasteiger partial charge in [-0.1, -0.05) is 66.7 Å². The summed E-state index contributed by atoms with van der Waals surface area (Å²) >= 11 is 0. The van der Waals surface area contributed by atoms with E-state index in [0.29, 0.717) is 24.1 Å². The monoisotopic (exact) mass is 644 g/mol. The number of phenolic OH excluding ortho intramolecular Hbond substituents is 1. The zero-order valence-electron chi connectivity index (χ0n) is 26.8. The summed E-state index contributed by atoms with van der Waals surface area (Å²) in [5.41, 5.74) is 6.31. The molecule has 0 radical (unpaired) electrons. The number of carbonyl (C=O) groups is 2. The molecule has 4 N–H and O–H groups in total. The number of fused-ring (bicyclic) bond motifs is 1. The van der Waals surface area contributed by atoms with E-state index in [1.165, 1.54) is 4.90 Å². The van der Waals surface area contributed by atoms with Crippen LogP contribution in [-0.2, 0) is 14.3 Å². The van der Waals surface area contributed by atoms with Crippen molar-refractivity contribution >= 4 is 40.5 Å². The number of phenols is 1. The van der Waals surface area contributed by atoms with E-state index in [2.05, 4.69) is 5.32 Å². The smallest absolute Gasteiger partial charge is 0.238 e. The Kier molecular flexibility index (Phi) is 10.2. The Labute approximate surface area is 280 Å². The molecule has 0 unspecified atom stereocenters. The molecular weight excluding hydrogens is 604 g/mol. The highest BCUT2D eigenvalue weighted by Gasteiger charge is 2.55. The van der Waals surface area contributed by atoms with Crippen LogP contribution in [0.4, 0.5) is 17.1 Å². The van der Waals surface area contributed by atoms with Gasteiger partial charge in [-0.25, -0.2) is 0 Å². The van der Waals surface area contributed by atoms with Gasteiger partial charge in [0.1, 0.15) is 5.75 Å². The third kappa shape index (κ3) is 6.96. The standard InChI is InChI=1S/C40H40N2O6/c1-48-25-29-23-34-38(40(47)42(39(34)46)32-18-16-31(17-19-32)41-30-12-6-3-7-13-30)35(24-43)37(29)36(45)20-15-28(27-10-4-2-5-11-27)21-26-9-8-14-33(44)22-26/h2-14,16-19,21-22,34-36,38,41,43-45H,15,20,23-25H2,1H3/b28-21-/t34-,35+,36-,38-/m1/s1. The predicted octanol–water partition coefficient (Wildman–Crippen LogP) is 6.58. The zero-order chi connectivity index (χ0) is 33.6. The van der Waals surface area contributed by atoms with Crippen LogP contribution in [0.2, 0.25) is 0 Å². The molecule has 48 heavy (non-hydrogen) atoms. The molecule has 246 valence electrons. The first-order valence-electron chi connectivity index (χ1n) is 16.2. The number of amides is 2. The maximum absolute atomic E-state index is 14.0. The lowest BCUT2D eigenvalue weighted by molar-refractivity contribution is -0.123. The van der Waals surface area contributed by atoms with E-state index in [4.69, 9.17) is 4.74 Å². The van der Waals surface area contributed by atoms with Crippen LogP contribution in [-0.4, -0.2) is 53.6 Å². The van der Waals surface area contributed by atoms with E-state index in [9.17, 15) is 24.9 Å². The number of carbonyl (C=O) groups excluding carboxylic acids is 2. The van der Waals surface area contributed by atoms with E-state index in [-0.39, 0.29) is 30.6 Å². The number of hydrogen-bond acceptors (Lipinski definition) is 7. The number of methoxy groups -OCH3 is 1. The van der Waals surface area contributed by atoms with E-state index < -0.39 is 30.5 Å². The van der Waals surface area contributed by atoms with Crippen molar-refractivity contribution in [2.24, 2.45) is 17.8 Å². The maximum atomic E-state index is 14.0. The molecule has 0 saturated carbocycles. The number of aliphatic hydroxyl groups excluding tert-OH is 2. The molecule has 1 fully saturated rings. The quantitative estimate of drug-likeness (QED) is 0.0782. The summed E-state index contributed by atoms with van der Waals surface area (Å²) in [4.78, 5) is 29.1. The van der Waals surface area contributed by atoms with Gasteiger partial charge in [-0.2, -0.15) is 0 Å². The molecule has 6 rings (SSSR count). The first kappa shape index (κ1) is 32.9. The normalized spacial score (nSPS) is 20.2. The van der Waals surface area contributed by atoms with Crippen molar-refractivity contribution in [3.8, 4) is 5.75 Å². The number of nitrogens with zero attached hydrogens (tertiary/aromatic N) is 1. The number of aliphatic hydroxyl groups is 2. The third-order valence-corrected chi connectivity index (χ3v) is 9.29. The molecular formula is C40H40N2O6. The summed E-state index contributed by atoms with van der Waals surface area (Å²) in [6.45, 7) is -0.212. The van der Waals surface area contributed by atoms with Gasteiger partial charge in [0.2, 0.25) is 11.8 Å². The average molecular weight is 645 g/mol. The highest BCUT2D eigenvalue weighted by Crippen LogP contribution is 2.47. The van der Waals surface area contributed by atoms with Crippen LogP contribution in [0.5, 0.6) is 5.75 Å². The number of para-hydroxylation sites is 1. The van der Waals surface area contributed by atoms with Crippen molar-refractivity contribution in [1.82, 2.24) is 0 Å². The summed E-state index contributed by atoms with van der Waals surface area (Å²) in [5.74, 6) is -2.72. The largest absolute Gasteiger partial charge is 0.508 e. The maximum Gasteiger partial charge on any atom is 0.238 e. The second-order valence-electron chi connectivity index (χ2n) is 12.4. The van der Waals surface area contributed by atoms with Crippen LogP contribution in [0.1, 0.15) is 30.4 Å². The van der Waals surface area contributed by atoms with Gasteiger partial charge in [0, 0.05) is 24.4 Å². The summed E-state index contributed by atoms with van der Waals surface area (Å²) in [5, 5.41) is 35.9. The highest BCUT2D eigenvalue weighted by molar-refractivity contribution is 6.22. The van der Waals surface area contributed by atoms with Gasteiger partial charge in [-0.05, 0) is 95.6 Å². The van der Waals surface area contributed by atoms with Crippen molar-refractivity contribution in [1.29, 1.82) is 0 Å². The molecule has 1 heterocycles. The number of imide groups is 1. The summed E-state index contributed by atoms with van der Waals surface area (Å²) in [7, 11) is 1.56. The fourth-order valence-electron chi connectivity index (χ4n) is 7.12. The molecule has 0 spiro atoms. The fraction of sp³-hybridized carbons (Fsp3) is 0.250. The summed E-state index contributed by atoms with van der Waals surface area (Å²) in [6.07, 6.45) is 2.08. The molecule has 1 saturated heterocycles. The number of nitrogens with one attached hydrogen (secondary N) is 1. The summed E-state index contributed by atoms with van der Waals surface area (Å²) in [6, 6.07) is 33.7. The first-order chi connectivity index (χ1) is 23.4. The molecule has 4 atom stereocenters. The van der Waals surface area contributed by atoms with E-state index in [1.807, 2.05) is 84.9 Å². The van der Waals surface area contributed by atoms with Gasteiger partial charge in [-0.3, -0.25) is 14.5 Å². The Morgan fingerprint density at radius 1 is 0.917 bits per heavy atom. The minimum absolute atomic E-state index is 0.165. The molecule has 0 aromatic heterocycles. The minimum Gasteiger partial charge on any atom is -0.508 e. The average Bonchev–Trinajstić information content (AvgIpc) is 3.35. The van der Waals surface area contributed by atoms with Gasteiger partial charge in [0.15, 0.2) is 0 Å². The molecule has 2 aliphatic rings. The third-order valence-electron chi connectivity index (χ3n) is 9.29. The second-order valence-corrected chi connectivity index (χ2v) is 12.4. The van der Waals surface area contributed by atoms with Crippen LogP contribution in [0.3, 0.4) is 0 Å². The van der Waals surface area contributed by atoms with Crippen LogP contribution < -0.4 is 10.2 Å². The van der Waals surface area contributed by atoms with Crippen molar-refractivity contribution < 1.29 is 29.6 Å². The number of ether oxygens (including phenoxy) is 1. The highest BCUT2D eigenvalue weighted by atomic mass is 16.5. The van der Waals surface area contributed by atoms with Crippen LogP contribution in [0.15, 0.2) is 120 Å². The molecule has 8 nitrogen and oxygen atoms in total. The van der Waals surface area contributed by atoms with Crippen molar-refractivity contribution in [3.05, 3.63) is 131 Å². The molecule has 8 heteroatoms. The lowest BCUT2D eigenvalue weighted by Gasteiger charge is -2.36. The molecule has 2 amide bonds. The topological polar surface area (TPSA) is 119 Å².